The van der Waals surface area contributed by atoms with Crippen molar-refractivity contribution in [3.63, 3.8) is 0 Å². The number of rotatable bonds is 5. The Morgan fingerprint density at radius 1 is 1.53 bits per heavy atom. The predicted molar refractivity (Wildman–Crippen MR) is 69.6 cm³/mol. The lowest BCUT2D eigenvalue weighted by Gasteiger charge is -2.27. The highest BCUT2D eigenvalue weighted by molar-refractivity contribution is 5.79. The smallest absolute Gasteiger partial charge is 0.223 e. The zero-order chi connectivity index (χ0) is 12.9. The second kappa shape index (κ2) is 6.20. The van der Waals surface area contributed by atoms with Crippen LogP contribution in [0.1, 0.15) is 46.5 Å². The van der Waals surface area contributed by atoms with Crippen LogP contribution in [0.25, 0.3) is 0 Å². The second-order valence-corrected chi connectivity index (χ2v) is 5.79. The summed E-state index contributed by atoms with van der Waals surface area (Å²) in [5.41, 5.74) is -0.797. The average molecular weight is 239 g/mol. The molecule has 0 saturated carbocycles. The first-order chi connectivity index (χ1) is 7.91. The van der Waals surface area contributed by atoms with Gasteiger partial charge in [0.1, 0.15) is 0 Å². The van der Waals surface area contributed by atoms with E-state index in [2.05, 4.69) is 31.3 Å². The van der Waals surface area contributed by atoms with Gasteiger partial charge in [0.15, 0.2) is 0 Å². The third kappa shape index (κ3) is 5.35. The number of hydrogen-bond acceptors (Lipinski definition) is 2. The van der Waals surface area contributed by atoms with Crippen molar-refractivity contribution in [3.8, 4) is 0 Å². The van der Waals surface area contributed by atoms with Gasteiger partial charge >= 0.3 is 0 Å². The van der Waals surface area contributed by atoms with Crippen LogP contribution >= 0.6 is 0 Å². The van der Waals surface area contributed by atoms with E-state index in [1.54, 1.807) is 6.92 Å². The molecule has 3 heteroatoms. The van der Waals surface area contributed by atoms with Crippen LogP contribution in [-0.2, 0) is 4.79 Å². The molecule has 98 valence electrons. The summed E-state index contributed by atoms with van der Waals surface area (Å²) in [6, 6.07) is 0. The van der Waals surface area contributed by atoms with Crippen molar-refractivity contribution in [2.45, 2.75) is 52.1 Å². The van der Waals surface area contributed by atoms with Crippen molar-refractivity contribution >= 4 is 5.91 Å². The monoisotopic (exact) mass is 239 g/mol. The summed E-state index contributed by atoms with van der Waals surface area (Å²) in [7, 11) is 0. The molecule has 2 unspecified atom stereocenters. The maximum atomic E-state index is 11.9. The molecule has 2 N–H and O–H groups in total. The molecule has 0 aromatic heterocycles. The van der Waals surface area contributed by atoms with Crippen LogP contribution in [0.2, 0.25) is 0 Å². The summed E-state index contributed by atoms with van der Waals surface area (Å²) >= 11 is 0. The van der Waals surface area contributed by atoms with Crippen LogP contribution in [-0.4, -0.2) is 23.2 Å². The zero-order valence-corrected chi connectivity index (χ0v) is 11.2. The largest absolute Gasteiger partial charge is 0.388 e. The summed E-state index contributed by atoms with van der Waals surface area (Å²) in [5, 5.41) is 13.0. The Morgan fingerprint density at radius 3 is 2.76 bits per heavy atom. The molecular weight excluding hydrogens is 214 g/mol. The molecule has 1 aliphatic rings. The standard InChI is InChI=1S/C14H25NO2/c1-11(2)9-14(3,17)10-15-13(16)12-7-5-4-6-8-12/h4-5,11-12,17H,6-10H2,1-3H3,(H,15,16). The number of allylic oxidation sites excluding steroid dienone is 2. The molecule has 3 nitrogen and oxygen atoms in total. The lowest BCUT2D eigenvalue weighted by molar-refractivity contribution is -0.126. The van der Waals surface area contributed by atoms with Crippen molar-refractivity contribution in [2.24, 2.45) is 11.8 Å². The Balaban J connectivity index is 2.34. The molecule has 1 amide bonds. The number of carbonyl (C=O) groups is 1. The Kier molecular flexibility index (Phi) is 5.19. The maximum Gasteiger partial charge on any atom is 0.223 e. The summed E-state index contributed by atoms with van der Waals surface area (Å²) in [5.74, 6) is 0.604. The zero-order valence-electron chi connectivity index (χ0n) is 11.2. The molecule has 0 saturated heterocycles. The topological polar surface area (TPSA) is 49.3 Å². The number of amides is 1. The highest BCUT2D eigenvalue weighted by Gasteiger charge is 2.25. The SMILES string of the molecule is CC(C)CC(C)(O)CNC(=O)C1CC=CCC1. The van der Waals surface area contributed by atoms with E-state index < -0.39 is 5.60 Å². The van der Waals surface area contributed by atoms with Gasteiger partial charge in [-0.15, -0.1) is 0 Å². The first-order valence-electron chi connectivity index (χ1n) is 6.56. The summed E-state index contributed by atoms with van der Waals surface area (Å²) in [6.07, 6.45) is 7.64. The quantitative estimate of drug-likeness (QED) is 0.723. The van der Waals surface area contributed by atoms with Gasteiger partial charge in [0.25, 0.3) is 0 Å². The number of carbonyl (C=O) groups excluding carboxylic acids is 1. The molecule has 0 heterocycles. The molecular formula is C14H25NO2. The molecule has 2 atom stereocenters. The number of aliphatic hydroxyl groups is 1. The van der Waals surface area contributed by atoms with Crippen molar-refractivity contribution in [1.82, 2.24) is 5.32 Å². The number of nitrogens with one attached hydrogen (secondary N) is 1. The van der Waals surface area contributed by atoms with E-state index in [1.165, 1.54) is 0 Å². The first-order valence-corrected chi connectivity index (χ1v) is 6.56. The van der Waals surface area contributed by atoms with Gasteiger partial charge in [-0.3, -0.25) is 4.79 Å². The predicted octanol–water partition coefficient (Wildman–Crippen LogP) is 2.26. The summed E-state index contributed by atoms with van der Waals surface area (Å²) in [6.45, 7) is 6.28. The maximum absolute atomic E-state index is 11.9. The van der Waals surface area contributed by atoms with E-state index in [-0.39, 0.29) is 11.8 Å². The molecule has 1 aliphatic carbocycles. The van der Waals surface area contributed by atoms with Crippen LogP contribution in [0.4, 0.5) is 0 Å². The molecule has 1 rings (SSSR count). The van der Waals surface area contributed by atoms with Gasteiger partial charge in [0.05, 0.1) is 5.60 Å². The van der Waals surface area contributed by atoms with Gasteiger partial charge < -0.3 is 10.4 Å². The minimum atomic E-state index is -0.797. The third-order valence-electron chi connectivity index (χ3n) is 3.13. The van der Waals surface area contributed by atoms with E-state index in [1.807, 2.05) is 0 Å². The van der Waals surface area contributed by atoms with E-state index in [0.717, 1.165) is 19.3 Å². The van der Waals surface area contributed by atoms with Crippen molar-refractivity contribution in [1.29, 1.82) is 0 Å². The van der Waals surface area contributed by atoms with Crippen LogP contribution < -0.4 is 5.32 Å². The van der Waals surface area contributed by atoms with Crippen LogP contribution in [0.5, 0.6) is 0 Å². The Hall–Kier alpha value is -0.830. The minimum Gasteiger partial charge on any atom is -0.388 e. The van der Waals surface area contributed by atoms with Gasteiger partial charge in [-0.05, 0) is 38.5 Å². The Bertz CT molecular complexity index is 282. The fourth-order valence-electron chi connectivity index (χ4n) is 2.41. The fraction of sp³-hybridized carbons (Fsp3) is 0.786. The second-order valence-electron chi connectivity index (χ2n) is 5.79. The molecule has 0 aromatic rings. The van der Waals surface area contributed by atoms with Gasteiger partial charge in [0.2, 0.25) is 5.91 Å². The van der Waals surface area contributed by atoms with E-state index >= 15 is 0 Å². The van der Waals surface area contributed by atoms with Crippen molar-refractivity contribution in [2.75, 3.05) is 6.54 Å². The van der Waals surface area contributed by atoms with E-state index in [4.69, 9.17) is 0 Å². The van der Waals surface area contributed by atoms with Crippen LogP contribution in [0.15, 0.2) is 12.2 Å². The lowest BCUT2D eigenvalue weighted by atomic mass is 9.92. The first kappa shape index (κ1) is 14.2. The summed E-state index contributed by atoms with van der Waals surface area (Å²) in [4.78, 5) is 11.9. The van der Waals surface area contributed by atoms with E-state index in [9.17, 15) is 9.90 Å². The molecule has 0 spiro atoms. The van der Waals surface area contributed by atoms with Gasteiger partial charge in [-0.25, -0.2) is 0 Å². The van der Waals surface area contributed by atoms with Crippen LogP contribution in [0.3, 0.4) is 0 Å². The van der Waals surface area contributed by atoms with Crippen molar-refractivity contribution in [3.05, 3.63) is 12.2 Å². The van der Waals surface area contributed by atoms with Gasteiger partial charge in [-0.1, -0.05) is 26.0 Å². The Labute approximate surface area is 104 Å². The molecule has 0 aliphatic heterocycles. The molecule has 0 bridgehead atoms. The minimum absolute atomic E-state index is 0.0818. The van der Waals surface area contributed by atoms with Gasteiger partial charge in [-0.2, -0.15) is 0 Å². The average Bonchev–Trinajstić information content (AvgIpc) is 2.25. The van der Waals surface area contributed by atoms with E-state index in [0.29, 0.717) is 18.9 Å². The summed E-state index contributed by atoms with van der Waals surface area (Å²) < 4.78 is 0. The molecule has 0 radical (unpaired) electrons. The Morgan fingerprint density at radius 2 is 2.24 bits per heavy atom. The fourth-order valence-corrected chi connectivity index (χ4v) is 2.41. The lowest BCUT2D eigenvalue weighted by Crippen LogP contribution is -2.43. The molecule has 17 heavy (non-hydrogen) atoms. The van der Waals surface area contributed by atoms with Gasteiger partial charge in [0, 0.05) is 12.5 Å². The third-order valence-corrected chi connectivity index (χ3v) is 3.13. The molecule has 0 fully saturated rings. The highest BCUT2D eigenvalue weighted by atomic mass is 16.3. The highest BCUT2D eigenvalue weighted by Crippen LogP contribution is 2.19. The van der Waals surface area contributed by atoms with Crippen molar-refractivity contribution < 1.29 is 9.90 Å². The van der Waals surface area contributed by atoms with Crippen LogP contribution in [0, 0.1) is 11.8 Å². The normalized spacial score (nSPS) is 23.5. The molecule has 0 aromatic carbocycles. The number of hydrogen-bond donors (Lipinski definition) is 2.